The third-order valence-corrected chi connectivity index (χ3v) is 3.87. The average Bonchev–Trinajstić information content (AvgIpc) is 2.87. The van der Waals surface area contributed by atoms with Gasteiger partial charge in [0.15, 0.2) is 0 Å². The van der Waals surface area contributed by atoms with Gasteiger partial charge in [-0.3, -0.25) is 4.79 Å². The first kappa shape index (κ1) is 14.9. The zero-order valence-electron chi connectivity index (χ0n) is 11.6. The summed E-state index contributed by atoms with van der Waals surface area (Å²) in [5, 5.41) is 7.47. The minimum atomic E-state index is -0.228. The summed E-state index contributed by atoms with van der Waals surface area (Å²) in [5.74, 6) is 0.434. The smallest absolute Gasteiger partial charge is 0.258 e. The number of aromatic nitrogens is 2. The van der Waals surface area contributed by atoms with E-state index < -0.39 is 0 Å². The van der Waals surface area contributed by atoms with Crippen LogP contribution in [-0.4, -0.2) is 21.9 Å². The van der Waals surface area contributed by atoms with Crippen LogP contribution in [0.25, 0.3) is 0 Å². The molecule has 0 unspecified atom stereocenters. The van der Waals surface area contributed by atoms with Gasteiger partial charge >= 0.3 is 0 Å². The zero-order chi connectivity index (χ0) is 14.7. The van der Waals surface area contributed by atoms with E-state index in [1.807, 2.05) is 26.2 Å². The van der Waals surface area contributed by atoms with E-state index in [9.17, 15) is 4.79 Å². The molecular weight excluding hydrogens is 294 g/mol. The maximum atomic E-state index is 12.3. The molecule has 0 bridgehead atoms. The number of rotatable bonds is 4. The lowest BCUT2D eigenvalue weighted by Crippen LogP contribution is -2.17. The van der Waals surface area contributed by atoms with Crippen molar-refractivity contribution >= 4 is 35.1 Å². The molecule has 1 aromatic carbocycles. The Labute approximate surface area is 127 Å². The highest BCUT2D eigenvalue weighted by atomic mass is 35.5. The number of carbonyl (C=O) groups excluding carboxylic acids is 1. The van der Waals surface area contributed by atoms with E-state index in [4.69, 9.17) is 11.6 Å². The Morgan fingerprint density at radius 1 is 1.40 bits per heavy atom. The van der Waals surface area contributed by atoms with Crippen LogP contribution in [0.4, 0.5) is 5.82 Å². The van der Waals surface area contributed by atoms with Crippen molar-refractivity contribution in [3.05, 3.63) is 41.0 Å². The summed E-state index contributed by atoms with van der Waals surface area (Å²) in [6.45, 7) is 4.01. The van der Waals surface area contributed by atoms with E-state index in [0.29, 0.717) is 16.4 Å². The topological polar surface area (TPSA) is 46.9 Å². The maximum Gasteiger partial charge on any atom is 0.258 e. The van der Waals surface area contributed by atoms with Crippen molar-refractivity contribution in [1.29, 1.82) is 0 Å². The molecule has 0 fully saturated rings. The zero-order valence-corrected chi connectivity index (χ0v) is 13.1. The monoisotopic (exact) mass is 309 g/mol. The quantitative estimate of drug-likeness (QED) is 0.865. The number of amides is 1. The molecule has 2 aromatic rings. The van der Waals surface area contributed by atoms with Crippen molar-refractivity contribution in [2.45, 2.75) is 24.8 Å². The standard InChI is InChI=1S/C14H16ClN3OS/c1-9(2)18-13(6-7-16-18)17-14(19)11-8-10(20-3)4-5-12(11)15/h4-9H,1-3H3,(H,17,19). The maximum absolute atomic E-state index is 12.3. The summed E-state index contributed by atoms with van der Waals surface area (Å²) in [6.07, 6.45) is 3.62. The fraction of sp³-hybridized carbons (Fsp3) is 0.286. The summed E-state index contributed by atoms with van der Waals surface area (Å²) in [4.78, 5) is 13.3. The molecular formula is C14H16ClN3OS. The van der Waals surface area contributed by atoms with Crippen LogP contribution in [0.5, 0.6) is 0 Å². The van der Waals surface area contributed by atoms with Crippen molar-refractivity contribution in [3.8, 4) is 0 Å². The van der Waals surface area contributed by atoms with Crippen molar-refractivity contribution in [1.82, 2.24) is 9.78 Å². The Balaban J connectivity index is 2.26. The minimum absolute atomic E-state index is 0.174. The third kappa shape index (κ3) is 3.16. The highest BCUT2D eigenvalue weighted by molar-refractivity contribution is 7.98. The molecule has 0 saturated heterocycles. The summed E-state index contributed by atoms with van der Waals surface area (Å²) >= 11 is 7.67. The molecule has 20 heavy (non-hydrogen) atoms. The van der Waals surface area contributed by atoms with Crippen LogP contribution in [0.15, 0.2) is 35.4 Å². The number of nitrogens with one attached hydrogen (secondary N) is 1. The van der Waals surface area contributed by atoms with Crippen LogP contribution >= 0.6 is 23.4 Å². The molecule has 4 nitrogen and oxygen atoms in total. The average molecular weight is 310 g/mol. The van der Waals surface area contributed by atoms with E-state index in [-0.39, 0.29) is 11.9 Å². The second kappa shape index (κ2) is 6.33. The second-order valence-corrected chi connectivity index (χ2v) is 5.84. The van der Waals surface area contributed by atoms with Gasteiger partial charge in [-0.25, -0.2) is 4.68 Å². The van der Waals surface area contributed by atoms with Crippen LogP contribution < -0.4 is 5.32 Å². The van der Waals surface area contributed by atoms with Gasteiger partial charge < -0.3 is 5.32 Å². The second-order valence-electron chi connectivity index (χ2n) is 4.55. The SMILES string of the molecule is CSc1ccc(Cl)c(C(=O)Nc2ccnn2C(C)C)c1. The largest absolute Gasteiger partial charge is 0.307 e. The Hall–Kier alpha value is -1.46. The van der Waals surface area contributed by atoms with Crippen LogP contribution in [0.3, 0.4) is 0 Å². The number of benzene rings is 1. The number of carbonyl (C=O) groups is 1. The lowest BCUT2D eigenvalue weighted by molar-refractivity contribution is 0.102. The number of hydrogen-bond acceptors (Lipinski definition) is 3. The third-order valence-electron chi connectivity index (χ3n) is 2.82. The van der Waals surface area contributed by atoms with Gasteiger partial charge in [0.2, 0.25) is 0 Å². The number of thioether (sulfide) groups is 1. The summed E-state index contributed by atoms with van der Waals surface area (Å²) < 4.78 is 1.75. The van der Waals surface area contributed by atoms with Gasteiger partial charge in [-0.1, -0.05) is 11.6 Å². The van der Waals surface area contributed by atoms with Crippen molar-refractivity contribution in [3.63, 3.8) is 0 Å². The molecule has 1 N–H and O–H groups in total. The van der Waals surface area contributed by atoms with E-state index >= 15 is 0 Å². The molecule has 1 amide bonds. The Morgan fingerprint density at radius 2 is 2.15 bits per heavy atom. The predicted molar refractivity (Wildman–Crippen MR) is 83.8 cm³/mol. The summed E-state index contributed by atoms with van der Waals surface area (Å²) in [7, 11) is 0. The van der Waals surface area contributed by atoms with E-state index in [1.54, 1.807) is 40.8 Å². The molecule has 6 heteroatoms. The highest BCUT2D eigenvalue weighted by Crippen LogP contribution is 2.24. The number of nitrogens with zero attached hydrogens (tertiary/aromatic N) is 2. The molecule has 0 aliphatic rings. The first-order chi connectivity index (χ1) is 9.52. The summed E-state index contributed by atoms with van der Waals surface area (Å²) in [6, 6.07) is 7.36. The fourth-order valence-corrected chi connectivity index (χ4v) is 2.46. The number of hydrogen-bond donors (Lipinski definition) is 1. The van der Waals surface area contributed by atoms with Gasteiger partial charge in [0, 0.05) is 17.0 Å². The van der Waals surface area contributed by atoms with E-state index in [0.717, 1.165) is 4.90 Å². The lowest BCUT2D eigenvalue weighted by atomic mass is 10.2. The molecule has 0 saturated carbocycles. The molecule has 1 heterocycles. The first-order valence-electron chi connectivity index (χ1n) is 6.21. The van der Waals surface area contributed by atoms with E-state index in [2.05, 4.69) is 10.4 Å². The van der Waals surface area contributed by atoms with E-state index in [1.165, 1.54) is 0 Å². The highest BCUT2D eigenvalue weighted by Gasteiger charge is 2.14. The fourth-order valence-electron chi connectivity index (χ4n) is 1.81. The van der Waals surface area contributed by atoms with Crippen LogP contribution in [-0.2, 0) is 0 Å². The van der Waals surface area contributed by atoms with Gasteiger partial charge in [0.25, 0.3) is 5.91 Å². The summed E-state index contributed by atoms with van der Waals surface area (Å²) in [5.41, 5.74) is 0.468. The van der Waals surface area contributed by atoms with Crippen LogP contribution in [0.1, 0.15) is 30.2 Å². The Morgan fingerprint density at radius 3 is 2.80 bits per heavy atom. The van der Waals surface area contributed by atoms with Gasteiger partial charge in [-0.15, -0.1) is 11.8 Å². The Bertz CT molecular complexity index is 625. The Kier molecular flexibility index (Phi) is 4.73. The minimum Gasteiger partial charge on any atom is -0.307 e. The number of halogens is 1. The molecule has 2 rings (SSSR count). The molecule has 0 aliphatic heterocycles. The van der Waals surface area contributed by atoms with Gasteiger partial charge in [-0.2, -0.15) is 5.10 Å². The van der Waals surface area contributed by atoms with Gasteiger partial charge in [0.1, 0.15) is 5.82 Å². The molecule has 106 valence electrons. The molecule has 1 aromatic heterocycles. The van der Waals surface area contributed by atoms with Gasteiger partial charge in [-0.05, 0) is 38.3 Å². The van der Waals surface area contributed by atoms with Crippen molar-refractivity contribution in [2.24, 2.45) is 0 Å². The van der Waals surface area contributed by atoms with Crippen molar-refractivity contribution < 1.29 is 4.79 Å². The molecule has 0 aliphatic carbocycles. The first-order valence-corrected chi connectivity index (χ1v) is 7.81. The number of anilines is 1. The van der Waals surface area contributed by atoms with Crippen LogP contribution in [0, 0.1) is 0 Å². The van der Waals surface area contributed by atoms with Crippen molar-refractivity contribution in [2.75, 3.05) is 11.6 Å². The molecule has 0 atom stereocenters. The van der Waals surface area contributed by atoms with Crippen LogP contribution in [0.2, 0.25) is 5.02 Å². The predicted octanol–water partition coefficient (Wildman–Crippen LogP) is 4.09. The molecule has 0 spiro atoms. The van der Waals surface area contributed by atoms with Gasteiger partial charge in [0.05, 0.1) is 16.8 Å². The molecule has 0 radical (unpaired) electrons. The lowest BCUT2D eigenvalue weighted by Gasteiger charge is -2.12. The normalized spacial score (nSPS) is 10.8.